The number of aryl methyl sites for hydroxylation is 3. The number of nitrogens with one attached hydrogen (secondary N) is 1. The summed E-state index contributed by atoms with van der Waals surface area (Å²) in [5.74, 6) is 7.46. The average molecular weight is 304 g/mol. The van der Waals surface area contributed by atoms with Crippen molar-refractivity contribution in [2.75, 3.05) is 0 Å². The van der Waals surface area contributed by atoms with E-state index in [0.29, 0.717) is 5.76 Å². The van der Waals surface area contributed by atoms with E-state index in [0.717, 1.165) is 22.8 Å². The van der Waals surface area contributed by atoms with Crippen molar-refractivity contribution in [3.8, 4) is 0 Å². The van der Waals surface area contributed by atoms with Gasteiger partial charge in [-0.15, -0.1) is 11.8 Å². The molecule has 2 aromatic rings. The van der Waals surface area contributed by atoms with Crippen LogP contribution in [-0.4, -0.2) is 5.91 Å². The van der Waals surface area contributed by atoms with Crippen LogP contribution in [0.15, 0.2) is 28.7 Å². The average Bonchev–Trinajstić information content (AvgIpc) is 2.78. The number of rotatable bonds is 5. The zero-order chi connectivity index (χ0) is 15.4. The van der Waals surface area contributed by atoms with E-state index in [2.05, 4.69) is 37.5 Å². The van der Waals surface area contributed by atoms with E-state index in [4.69, 9.17) is 10.3 Å². The van der Waals surface area contributed by atoms with Gasteiger partial charge in [0.15, 0.2) is 5.76 Å². The number of nitrogen functional groups attached to an aromatic ring is 1. The van der Waals surface area contributed by atoms with Gasteiger partial charge in [-0.2, -0.15) is 0 Å². The number of hydrogen-bond acceptors (Lipinski definition) is 4. The third-order valence-corrected chi connectivity index (χ3v) is 4.13. The maximum absolute atomic E-state index is 11.5. The first-order valence-electron chi connectivity index (χ1n) is 6.74. The van der Waals surface area contributed by atoms with Crippen molar-refractivity contribution < 1.29 is 9.21 Å². The van der Waals surface area contributed by atoms with Gasteiger partial charge in [-0.3, -0.25) is 10.2 Å². The lowest BCUT2D eigenvalue weighted by Gasteiger charge is -2.04. The Hall–Kier alpha value is -1.72. The van der Waals surface area contributed by atoms with Crippen LogP contribution < -0.4 is 11.3 Å². The predicted molar refractivity (Wildman–Crippen MR) is 86.0 cm³/mol. The lowest BCUT2D eigenvalue weighted by atomic mass is 10.1. The van der Waals surface area contributed by atoms with E-state index in [1.54, 1.807) is 11.8 Å². The molecule has 21 heavy (non-hydrogen) atoms. The molecule has 0 aliphatic heterocycles. The lowest BCUT2D eigenvalue weighted by Crippen LogP contribution is -2.30. The predicted octanol–water partition coefficient (Wildman–Crippen LogP) is 3.24. The van der Waals surface area contributed by atoms with Crippen molar-refractivity contribution >= 4 is 17.7 Å². The summed E-state index contributed by atoms with van der Waals surface area (Å²) in [5, 5.41) is 0. The first kappa shape index (κ1) is 15.7. The molecule has 3 N–H and O–H groups in total. The van der Waals surface area contributed by atoms with E-state index in [1.165, 1.54) is 16.7 Å². The summed E-state index contributed by atoms with van der Waals surface area (Å²) in [6.07, 6.45) is 0. The van der Waals surface area contributed by atoms with Gasteiger partial charge in [0.1, 0.15) is 5.76 Å². The van der Waals surface area contributed by atoms with Crippen LogP contribution in [0.4, 0.5) is 0 Å². The maximum Gasteiger partial charge on any atom is 0.301 e. The fraction of sp³-hybridized carbons (Fsp3) is 0.312. The Morgan fingerprint density at radius 3 is 2.43 bits per heavy atom. The molecule has 0 aliphatic carbocycles. The lowest BCUT2D eigenvalue weighted by molar-refractivity contribution is 0.0923. The number of hydrazine groups is 1. The summed E-state index contributed by atoms with van der Waals surface area (Å²) in [7, 11) is 0. The molecule has 0 aliphatic rings. The zero-order valence-electron chi connectivity index (χ0n) is 12.5. The summed E-state index contributed by atoms with van der Waals surface area (Å²) in [4.78, 5) is 11.5. The quantitative estimate of drug-likeness (QED) is 0.505. The molecule has 0 saturated heterocycles. The van der Waals surface area contributed by atoms with Gasteiger partial charge in [0.05, 0.1) is 5.75 Å². The molecule has 1 amide bonds. The van der Waals surface area contributed by atoms with Gasteiger partial charge in [-0.05, 0) is 32.4 Å². The molecule has 2 rings (SSSR count). The summed E-state index contributed by atoms with van der Waals surface area (Å²) in [6.45, 7) is 6.05. The SMILES string of the molecule is Cc1cc(C)cc(CSCc2cc(C)c(C(=O)NN)o2)c1. The van der Waals surface area contributed by atoms with Crippen molar-refractivity contribution in [2.45, 2.75) is 32.3 Å². The van der Waals surface area contributed by atoms with Crippen LogP contribution in [-0.2, 0) is 11.5 Å². The van der Waals surface area contributed by atoms with Crippen molar-refractivity contribution in [3.05, 3.63) is 58.0 Å². The number of benzene rings is 1. The molecular formula is C16H20N2O2S. The molecule has 0 spiro atoms. The summed E-state index contributed by atoms with van der Waals surface area (Å²) in [5.41, 5.74) is 6.76. The number of carbonyl (C=O) groups excluding carboxylic acids is 1. The van der Waals surface area contributed by atoms with Crippen LogP contribution in [0.3, 0.4) is 0 Å². The highest BCUT2D eigenvalue weighted by atomic mass is 32.2. The van der Waals surface area contributed by atoms with E-state index in [9.17, 15) is 4.79 Å². The molecule has 5 heteroatoms. The fourth-order valence-corrected chi connectivity index (χ4v) is 3.18. The number of thioether (sulfide) groups is 1. The van der Waals surface area contributed by atoms with Crippen LogP contribution in [0.1, 0.15) is 38.6 Å². The van der Waals surface area contributed by atoms with Gasteiger partial charge < -0.3 is 4.42 Å². The molecule has 0 bridgehead atoms. The minimum absolute atomic E-state index is 0.291. The Morgan fingerprint density at radius 2 is 1.81 bits per heavy atom. The van der Waals surface area contributed by atoms with E-state index in [1.807, 2.05) is 13.0 Å². The highest BCUT2D eigenvalue weighted by molar-refractivity contribution is 7.97. The first-order chi connectivity index (χ1) is 9.99. The number of nitrogens with two attached hydrogens (primary N) is 1. The second kappa shape index (κ2) is 6.83. The molecule has 0 saturated carbocycles. The first-order valence-corrected chi connectivity index (χ1v) is 7.90. The number of furan rings is 1. The number of hydrogen-bond donors (Lipinski definition) is 2. The van der Waals surface area contributed by atoms with Crippen LogP contribution in [0.2, 0.25) is 0 Å². The Labute approximate surface area is 129 Å². The largest absolute Gasteiger partial charge is 0.455 e. The Morgan fingerprint density at radius 1 is 1.14 bits per heavy atom. The molecule has 0 atom stereocenters. The molecular weight excluding hydrogens is 284 g/mol. The van der Waals surface area contributed by atoms with Crippen molar-refractivity contribution in [2.24, 2.45) is 5.84 Å². The third kappa shape index (κ3) is 4.12. The Bertz CT molecular complexity index is 629. The van der Waals surface area contributed by atoms with Crippen LogP contribution in [0, 0.1) is 20.8 Å². The minimum Gasteiger partial charge on any atom is -0.455 e. The van der Waals surface area contributed by atoms with Crippen molar-refractivity contribution in [1.29, 1.82) is 0 Å². The number of amides is 1. The highest BCUT2D eigenvalue weighted by Gasteiger charge is 2.14. The second-order valence-electron chi connectivity index (χ2n) is 5.19. The maximum atomic E-state index is 11.5. The third-order valence-electron chi connectivity index (χ3n) is 3.10. The van der Waals surface area contributed by atoms with Gasteiger partial charge in [0.25, 0.3) is 0 Å². The highest BCUT2D eigenvalue weighted by Crippen LogP contribution is 2.23. The molecule has 112 valence electrons. The Balaban J connectivity index is 1.96. The summed E-state index contributed by atoms with van der Waals surface area (Å²) < 4.78 is 5.54. The van der Waals surface area contributed by atoms with E-state index < -0.39 is 5.91 Å². The molecule has 1 aromatic carbocycles. The summed E-state index contributed by atoms with van der Waals surface area (Å²) >= 11 is 1.76. The Kier molecular flexibility index (Phi) is 5.09. The monoisotopic (exact) mass is 304 g/mol. The fourth-order valence-electron chi connectivity index (χ4n) is 2.33. The van der Waals surface area contributed by atoms with Crippen LogP contribution in [0.5, 0.6) is 0 Å². The van der Waals surface area contributed by atoms with Gasteiger partial charge in [-0.25, -0.2) is 5.84 Å². The molecule has 1 heterocycles. The topological polar surface area (TPSA) is 68.3 Å². The van der Waals surface area contributed by atoms with Gasteiger partial charge in [0.2, 0.25) is 0 Å². The molecule has 4 nitrogen and oxygen atoms in total. The molecule has 0 unspecified atom stereocenters. The second-order valence-corrected chi connectivity index (χ2v) is 6.17. The van der Waals surface area contributed by atoms with E-state index in [-0.39, 0.29) is 0 Å². The molecule has 1 aromatic heterocycles. The van der Waals surface area contributed by atoms with E-state index >= 15 is 0 Å². The van der Waals surface area contributed by atoms with Crippen molar-refractivity contribution in [3.63, 3.8) is 0 Å². The standard InChI is InChI=1S/C16H20N2O2S/c1-10-4-11(2)6-13(5-10)8-21-9-14-7-12(3)15(20-14)16(19)18-17/h4-7H,8-9,17H2,1-3H3,(H,18,19). The summed E-state index contributed by atoms with van der Waals surface area (Å²) in [6, 6.07) is 8.45. The molecule has 0 fully saturated rings. The smallest absolute Gasteiger partial charge is 0.301 e. The van der Waals surface area contributed by atoms with Crippen LogP contribution in [0.25, 0.3) is 0 Å². The zero-order valence-corrected chi connectivity index (χ0v) is 13.3. The number of carbonyl (C=O) groups is 1. The van der Waals surface area contributed by atoms with Gasteiger partial charge in [-0.1, -0.05) is 29.3 Å². The van der Waals surface area contributed by atoms with Gasteiger partial charge >= 0.3 is 5.91 Å². The minimum atomic E-state index is -0.391. The van der Waals surface area contributed by atoms with Crippen LogP contribution >= 0.6 is 11.8 Å². The van der Waals surface area contributed by atoms with Gasteiger partial charge in [0, 0.05) is 11.3 Å². The molecule has 0 radical (unpaired) electrons. The normalized spacial score (nSPS) is 10.7. The van der Waals surface area contributed by atoms with Crippen molar-refractivity contribution in [1.82, 2.24) is 5.43 Å².